The van der Waals surface area contributed by atoms with Crippen LogP contribution in [0.15, 0.2) is 36.4 Å². The lowest BCUT2D eigenvalue weighted by molar-refractivity contribution is -0.151. The second-order valence-electron chi connectivity index (χ2n) is 7.68. The van der Waals surface area contributed by atoms with Crippen LogP contribution in [0.4, 0.5) is 0 Å². The van der Waals surface area contributed by atoms with Crippen LogP contribution in [0.3, 0.4) is 0 Å². The number of rotatable bonds is 10. The average molecular weight is 357 g/mol. The Balaban J connectivity index is 1.86. The van der Waals surface area contributed by atoms with Gasteiger partial charge in [0.25, 0.3) is 0 Å². The van der Waals surface area contributed by atoms with Gasteiger partial charge in [0.2, 0.25) is 0 Å². The Morgan fingerprint density at radius 3 is 2.42 bits per heavy atom. The minimum absolute atomic E-state index is 0.00695. The molecule has 0 amide bonds. The molecule has 1 aromatic carbocycles. The molecule has 3 atom stereocenters. The molecule has 1 aromatic rings. The predicted octanol–water partition coefficient (Wildman–Crippen LogP) is 6.66. The summed E-state index contributed by atoms with van der Waals surface area (Å²) in [6.45, 7) is 7.26. The smallest absolute Gasteiger partial charge is 0.309 e. The molecule has 2 heteroatoms. The van der Waals surface area contributed by atoms with Crippen LogP contribution in [-0.2, 0) is 9.53 Å². The number of esters is 1. The van der Waals surface area contributed by atoms with Gasteiger partial charge in [-0.15, -0.1) is 0 Å². The van der Waals surface area contributed by atoms with Crippen LogP contribution in [0.2, 0.25) is 0 Å². The van der Waals surface area contributed by atoms with Gasteiger partial charge in [0.1, 0.15) is 0 Å². The number of ether oxygens (including phenoxy) is 1. The lowest BCUT2D eigenvalue weighted by Gasteiger charge is -2.35. The van der Waals surface area contributed by atoms with Crippen molar-refractivity contribution in [1.29, 1.82) is 0 Å². The summed E-state index contributed by atoms with van der Waals surface area (Å²) in [5, 5.41) is 0. The number of unbranched alkanes of at least 4 members (excludes halogenated alkanes) is 5. The summed E-state index contributed by atoms with van der Waals surface area (Å²) in [5.74, 6) is 0.773. The molecule has 0 bridgehead atoms. The number of benzene rings is 1. The lowest BCUT2D eigenvalue weighted by Crippen LogP contribution is -2.32. The highest BCUT2D eigenvalue weighted by Crippen LogP contribution is 2.41. The van der Waals surface area contributed by atoms with Crippen molar-refractivity contribution < 1.29 is 9.53 Å². The topological polar surface area (TPSA) is 26.3 Å². The second-order valence-corrected chi connectivity index (χ2v) is 7.68. The van der Waals surface area contributed by atoms with Crippen LogP contribution in [0.25, 0.3) is 5.57 Å². The van der Waals surface area contributed by atoms with Gasteiger partial charge in [0.15, 0.2) is 0 Å². The summed E-state index contributed by atoms with van der Waals surface area (Å²) in [4.78, 5) is 12.6. The molecule has 3 unspecified atom stereocenters. The third-order valence-electron chi connectivity index (χ3n) is 5.85. The minimum atomic E-state index is 0.00695. The van der Waals surface area contributed by atoms with Crippen molar-refractivity contribution >= 4 is 11.5 Å². The van der Waals surface area contributed by atoms with E-state index in [1.165, 1.54) is 43.2 Å². The molecule has 0 aromatic heterocycles. The van der Waals surface area contributed by atoms with E-state index in [9.17, 15) is 4.79 Å². The van der Waals surface area contributed by atoms with Crippen molar-refractivity contribution in [2.24, 2.45) is 17.8 Å². The fraction of sp³-hybridized carbons (Fsp3) is 0.625. The molecular formula is C24H36O2. The molecular weight excluding hydrogens is 320 g/mol. The van der Waals surface area contributed by atoms with Gasteiger partial charge in [0.05, 0.1) is 12.5 Å². The molecule has 0 aliphatic heterocycles. The molecule has 0 radical (unpaired) electrons. The van der Waals surface area contributed by atoms with Crippen LogP contribution < -0.4 is 0 Å². The summed E-state index contributed by atoms with van der Waals surface area (Å²) in [5.41, 5.74) is 2.70. The van der Waals surface area contributed by atoms with Crippen molar-refractivity contribution in [2.45, 2.75) is 72.1 Å². The van der Waals surface area contributed by atoms with E-state index in [1.807, 2.05) is 0 Å². The van der Waals surface area contributed by atoms with Gasteiger partial charge in [-0.25, -0.2) is 0 Å². The largest absolute Gasteiger partial charge is 0.465 e. The fourth-order valence-corrected chi connectivity index (χ4v) is 4.21. The van der Waals surface area contributed by atoms with Crippen molar-refractivity contribution in [2.75, 3.05) is 6.61 Å². The molecule has 0 saturated heterocycles. The minimum Gasteiger partial charge on any atom is -0.465 e. The van der Waals surface area contributed by atoms with Gasteiger partial charge < -0.3 is 4.74 Å². The Hall–Kier alpha value is -1.57. The van der Waals surface area contributed by atoms with E-state index in [4.69, 9.17) is 4.74 Å². The summed E-state index contributed by atoms with van der Waals surface area (Å²) < 4.78 is 5.62. The first-order valence-electron chi connectivity index (χ1n) is 10.6. The maximum Gasteiger partial charge on any atom is 0.309 e. The molecule has 0 N–H and O–H groups in total. The molecule has 2 nitrogen and oxygen atoms in total. The van der Waals surface area contributed by atoms with Crippen LogP contribution in [0.1, 0.15) is 77.7 Å². The lowest BCUT2D eigenvalue weighted by atomic mass is 9.70. The molecule has 26 heavy (non-hydrogen) atoms. The Labute approximate surface area is 160 Å². The van der Waals surface area contributed by atoms with Gasteiger partial charge in [-0.3, -0.25) is 4.79 Å². The van der Waals surface area contributed by atoms with Crippen LogP contribution in [-0.4, -0.2) is 12.6 Å². The zero-order valence-corrected chi connectivity index (χ0v) is 16.9. The highest BCUT2D eigenvalue weighted by atomic mass is 16.5. The number of allylic oxidation sites excluding steroid dienone is 2. The van der Waals surface area contributed by atoms with Crippen molar-refractivity contribution in [3.8, 4) is 0 Å². The second kappa shape index (κ2) is 11.2. The highest BCUT2D eigenvalue weighted by molar-refractivity contribution is 5.77. The summed E-state index contributed by atoms with van der Waals surface area (Å²) in [7, 11) is 0. The SMILES string of the molecule is CCCCCCCCOC(=O)C1CC=C(c2ccccc2)C(CC)C1C. The fourth-order valence-electron chi connectivity index (χ4n) is 4.21. The molecule has 2 rings (SSSR count). The monoisotopic (exact) mass is 356 g/mol. The van der Waals surface area contributed by atoms with E-state index >= 15 is 0 Å². The zero-order valence-electron chi connectivity index (χ0n) is 16.9. The molecule has 1 aliphatic carbocycles. The van der Waals surface area contributed by atoms with E-state index in [0.29, 0.717) is 18.4 Å². The first-order chi connectivity index (χ1) is 12.7. The molecule has 0 heterocycles. The molecule has 144 valence electrons. The summed E-state index contributed by atoms with van der Waals surface area (Å²) in [6, 6.07) is 10.6. The Bertz CT molecular complexity index is 561. The number of hydrogen-bond donors (Lipinski definition) is 0. The van der Waals surface area contributed by atoms with Crippen LogP contribution >= 0.6 is 0 Å². The van der Waals surface area contributed by atoms with Gasteiger partial charge in [0, 0.05) is 0 Å². The van der Waals surface area contributed by atoms with Gasteiger partial charge in [-0.2, -0.15) is 0 Å². The van der Waals surface area contributed by atoms with Gasteiger partial charge in [-0.05, 0) is 42.2 Å². The molecule has 0 fully saturated rings. The third kappa shape index (κ3) is 5.72. The zero-order chi connectivity index (χ0) is 18.8. The van der Waals surface area contributed by atoms with Crippen LogP contribution in [0.5, 0.6) is 0 Å². The summed E-state index contributed by atoms with van der Waals surface area (Å²) in [6.07, 6.45) is 11.4. The molecule has 1 aliphatic rings. The maximum absolute atomic E-state index is 12.6. The first-order valence-corrected chi connectivity index (χ1v) is 10.6. The molecule has 0 spiro atoms. The number of carbonyl (C=O) groups excluding carboxylic acids is 1. The standard InChI is InChI=1S/C24H36O2/c1-4-6-7-8-9-13-18-26-24(25)22-16-17-23(21(5-2)19(22)3)20-14-11-10-12-15-20/h10-12,14-15,17,19,21-22H,4-9,13,16,18H2,1-3H3. The first kappa shape index (κ1) is 20.7. The average Bonchev–Trinajstić information content (AvgIpc) is 2.67. The predicted molar refractivity (Wildman–Crippen MR) is 110 cm³/mol. The Morgan fingerprint density at radius 1 is 1.04 bits per heavy atom. The number of hydrogen-bond acceptors (Lipinski definition) is 2. The molecule has 0 saturated carbocycles. The van der Waals surface area contributed by atoms with Gasteiger partial charge in [-0.1, -0.05) is 89.3 Å². The quantitative estimate of drug-likeness (QED) is 0.346. The van der Waals surface area contributed by atoms with Crippen molar-refractivity contribution in [3.63, 3.8) is 0 Å². The highest BCUT2D eigenvalue weighted by Gasteiger charge is 2.36. The van der Waals surface area contributed by atoms with Gasteiger partial charge >= 0.3 is 5.97 Å². The third-order valence-corrected chi connectivity index (χ3v) is 5.85. The van der Waals surface area contributed by atoms with E-state index in [-0.39, 0.29) is 11.9 Å². The van der Waals surface area contributed by atoms with Crippen molar-refractivity contribution in [1.82, 2.24) is 0 Å². The normalized spacial score (nSPS) is 22.7. The summed E-state index contributed by atoms with van der Waals surface area (Å²) >= 11 is 0. The Morgan fingerprint density at radius 2 is 1.73 bits per heavy atom. The van der Waals surface area contributed by atoms with Crippen LogP contribution in [0, 0.1) is 17.8 Å². The maximum atomic E-state index is 12.6. The van der Waals surface area contributed by atoms with E-state index < -0.39 is 0 Å². The van der Waals surface area contributed by atoms with Crippen molar-refractivity contribution in [3.05, 3.63) is 42.0 Å². The Kier molecular flexibility index (Phi) is 8.94. The number of carbonyl (C=O) groups is 1. The van der Waals surface area contributed by atoms with E-state index in [1.54, 1.807) is 0 Å². The van der Waals surface area contributed by atoms with E-state index in [2.05, 4.69) is 57.2 Å². The van der Waals surface area contributed by atoms with E-state index in [0.717, 1.165) is 19.3 Å².